The number of hydrogen-bond donors (Lipinski definition) is 1. The molecule has 2 aliphatic carbocycles. The number of aryl methyl sites for hydroxylation is 1. The molecule has 37 heavy (non-hydrogen) atoms. The number of Topliss-reactive ketones (excluding diaryl/α,β-unsaturated/α-hetero) is 1. The van der Waals surface area contributed by atoms with Gasteiger partial charge in [-0.1, -0.05) is 0 Å². The summed E-state index contributed by atoms with van der Waals surface area (Å²) in [5.41, 5.74) is 0.960. The maximum Gasteiger partial charge on any atom is 0.272 e. The van der Waals surface area contributed by atoms with Gasteiger partial charge in [0.15, 0.2) is 17.0 Å². The van der Waals surface area contributed by atoms with Gasteiger partial charge in [0, 0.05) is 30.0 Å². The molecule has 1 N–H and O–H groups in total. The predicted octanol–water partition coefficient (Wildman–Crippen LogP) is 2.22. The number of epoxide rings is 2. The first kappa shape index (κ1) is 21.5. The zero-order valence-electron chi connectivity index (χ0n) is 20.7. The number of ether oxygens (including phenoxy) is 8. The summed E-state index contributed by atoms with van der Waals surface area (Å²) >= 11 is 0. The van der Waals surface area contributed by atoms with E-state index in [4.69, 9.17) is 37.9 Å². The van der Waals surface area contributed by atoms with Crippen LogP contribution in [-0.2, 0) is 34.8 Å². The van der Waals surface area contributed by atoms with Gasteiger partial charge in [0.2, 0.25) is 6.29 Å². The molecule has 9 rings (SSSR count). The van der Waals surface area contributed by atoms with E-state index >= 15 is 0 Å². The number of methoxy groups -OCH3 is 2. The summed E-state index contributed by atoms with van der Waals surface area (Å²) < 4.78 is 49.9. The lowest BCUT2D eigenvalue weighted by atomic mass is 9.78. The maximum atomic E-state index is 13.0. The maximum absolute atomic E-state index is 13.0. The number of phenolic OH excluding ortho intramolecular Hbond substituents is 1. The molecule has 5 aliphatic heterocycles. The van der Waals surface area contributed by atoms with E-state index in [-0.39, 0.29) is 17.5 Å². The van der Waals surface area contributed by atoms with Crippen molar-refractivity contribution in [3.05, 3.63) is 28.3 Å². The molecular weight excluding hydrogens is 484 g/mol. The van der Waals surface area contributed by atoms with Gasteiger partial charge in [-0.2, -0.15) is 0 Å². The van der Waals surface area contributed by atoms with Crippen molar-refractivity contribution in [1.29, 1.82) is 0 Å². The van der Waals surface area contributed by atoms with Crippen molar-refractivity contribution < 1.29 is 47.8 Å². The van der Waals surface area contributed by atoms with Crippen LogP contribution < -0.4 is 9.47 Å². The second kappa shape index (κ2) is 6.22. The fourth-order valence-electron chi connectivity index (χ4n) is 8.37. The lowest BCUT2D eigenvalue weighted by Gasteiger charge is -2.43. The van der Waals surface area contributed by atoms with Crippen LogP contribution in [0, 0.1) is 6.92 Å². The number of hydrogen-bond acceptors (Lipinski definition) is 10. The number of benzene rings is 2. The number of carbonyl (C=O) groups is 1. The molecule has 4 saturated heterocycles. The molecule has 0 radical (unpaired) electrons. The standard InChI is InChI=1S/C27H26O10/c1-11-9-13-17(19(29)16-12(20(13)30-2)5-4-6-14(16)28)21-15(11)18-22-26(31-3,35-21)24(10-34-24)25(18)27(36-22,37-25)23-32-7-8-33-23/h9,18,22-23,29H,4-8,10H2,1-3H3/t18?,22?,24-,25?,26-,27?/m1/s1. The monoisotopic (exact) mass is 510 g/mol. The van der Waals surface area contributed by atoms with Gasteiger partial charge in [0.25, 0.3) is 11.6 Å². The Kier molecular flexibility index (Phi) is 3.61. The minimum Gasteiger partial charge on any atom is -0.506 e. The second-order valence-corrected chi connectivity index (χ2v) is 11.1. The van der Waals surface area contributed by atoms with Crippen LogP contribution in [-0.4, -0.2) is 80.1 Å². The highest BCUT2D eigenvalue weighted by atomic mass is 16.9. The first-order chi connectivity index (χ1) is 17.9. The minimum absolute atomic E-state index is 0.0822. The first-order valence-corrected chi connectivity index (χ1v) is 12.8. The van der Waals surface area contributed by atoms with Gasteiger partial charge < -0.3 is 43.0 Å². The fraction of sp³-hybridized carbons (Fsp3) is 0.593. The Bertz CT molecular complexity index is 1460. The third kappa shape index (κ3) is 1.93. The number of ketones is 1. The van der Waals surface area contributed by atoms with Gasteiger partial charge in [-0.3, -0.25) is 4.79 Å². The molecule has 10 nitrogen and oxygen atoms in total. The Morgan fingerprint density at radius 3 is 2.65 bits per heavy atom. The molecule has 10 heteroatoms. The van der Waals surface area contributed by atoms with Crippen molar-refractivity contribution in [2.75, 3.05) is 34.0 Å². The average molecular weight is 510 g/mol. The molecule has 2 aromatic carbocycles. The first-order valence-electron chi connectivity index (χ1n) is 12.8. The largest absolute Gasteiger partial charge is 0.506 e. The van der Waals surface area contributed by atoms with Crippen molar-refractivity contribution in [3.63, 3.8) is 0 Å². The van der Waals surface area contributed by atoms with Crippen molar-refractivity contribution in [2.45, 2.75) is 67.3 Å². The van der Waals surface area contributed by atoms with Crippen molar-refractivity contribution in [3.8, 4) is 17.2 Å². The van der Waals surface area contributed by atoms with Crippen LogP contribution in [0.4, 0.5) is 0 Å². The van der Waals surface area contributed by atoms with Crippen LogP contribution in [0.2, 0.25) is 0 Å². The normalized spacial score (nSPS) is 42.1. The molecule has 7 aliphatic rings. The molecule has 4 unspecified atom stereocenters. The molecule has 1 saturated carbocycles. The lowest BCUT2D eigenvalue weighted by molar-refractivity contribution is -0.308. The summed E-state index contributed by atoms with van der Waals surface area (Å²) in [6, 6.07) is 2.00. The van der Waals surface area contributed by atoms with E-state index in [2.05, 4.69) is 0 Å². The number of rotatable bonds is 3. The fourth-order valence-corrected chi connectivity index (χ4v) is 8.37. The Labute approximate surface area is 211 Å². The zero-order valence-corrected chi connectivity index (χ0v) is 20.7. The Balaban J connectivity index is 1.36. The van der Waals surface area contributed by atoms with Gasteiger partial charge in [0.05, 0.1) is 43.8 Å². The minimum atomic E-state index is -1.32. The highest BCUT2D eigenvalue weighted by Gasteiger charge is 3.07. The summed E-state index contributed by atoms with van der Waals surface area (Å²) in [4.78, 5) is 13.0. The SMILES string of the molecule is COc1c2c(c(O)c3c4c(c(C)cc13)C1C3OC5(C6OCCO6)OC15[C@]1(CO1)[C@]3(OC)O4)C(=O)CCC2. The van der Waals surface area contributed by atoms with E-state index in [9.17, 15) is 9.90 Å². The molecule has 2 aromatic rings. The molecular formula is C27H26O10. The van der Waals surface area contributed by atoms with E-state index in [0.29, 0.717) is 66.9 Å². The topological polar surface area (TPSA) is 118 Å². The molecule has 194 valence electrons. The number of fused-ring (bicyclic) bond motifs is 5. The molecule has 4 bridgehead atoms. The number of aromatic hydroxyl groups is 1. The van der Waals surface area contributed by atoms with Crippen LogP contribution in [0.1, 0.15) is 45.8 Å². The molecule has 2 spiro atoms. The van der Waals surface area contributed by atoms with Crippen LogP contribution in [0.25, 0.3) is 10.8 Å². The smallest absolute Gasteiger partial charge is 0.272 e. The van der Waals surface area contributed by atoms with E-state index in [1.165, 1.54) is 0 Å². The Morgan fingerprint density at radius 1 is 1.16 bits per heavy atom. The van der Waals surface area contributed by atoms with Crippen LogP contribution in [0.5, 0.6) is 17.2 Å². The Hall–Kier alpha value is -2.47. The highest BCUT2D eigenvalue weighted by molar-refractivity contribution is 6.11. The Morgan fingerprint density at radius 2 is 1.95 bits per heavy atom. The van der Waals surface area contributed by atoms with Crippen molar-refractivity contribution in [2.24, 2.45) is 0 Å². The predicted molar refractivity (Wildman–Crippen MR) is 123 cm³/mol. The van der Waals surface area contributed by atoms with E-state index in [0.717, 1.165) is 16.7 Å². The van der Waals surface area contributed by atoms with Crippen molar-refractivity contribution in [1.82, 2.24) is 0 Å². The third-order valence-electron chi connectivity index (χ3n) is 9.74. The third-order valence-corrected chi connectivity index (χ3v) is 9.74. The summed E-state index contributed by atoms with van der Waals surface area (Å²) in [7, 11) is 3.16. The van der Waals surface area contributed by atoms with Crippen LogP contribution in [0.3, 0.4) is 0 Å². The van der Waals surface area contributed by atoms with Gasteiger partial charge in [-0.05, 0) is 31.4 Å². The molecule has 5 fully saturated rings. The molecule has 0 aromatic heterocycles. The number of phenols is 1. The van der Waals surface area contributed by atoms with Gasteiger partial charge >= 0.3 is 0 Å². The van der Waals surface area contributed by atoms with E-state index < -0.39 is 35.2 Å². The van der Waals surface area contributed by atoms with E-state index in [1.807, 2.05) is 13.0 Å². The number of carbonyl (C=O) groups excluding carboxylic acids is 1. The quantitative estimate of drug-likeness (QED) is 0.616. The highest BCUT2D eigenvalue weighted by Crippen LogP contribution is 2.85. The summed E-state index contributed by atoms with van der Waals surface area (Å²) in [5, 5.41) is 12.8. The molecule has 6 atom stereocenters. The van der Waals surface area contributed by atoms with Crippen LogP contribution in [0.15, 0.2) is 6.07 Å². The second-order valence-electron chi connectivity index (χ2n) is 11.1. The van der Waals surface area contributed by atoms with E-state index in [1.54, 1.807) is 14.2 Å². The van der Waals surface area contributed by atoms with Gasteiger partial charge in [0.1, 0.15) is 23.4 Å². The van der Waals surface area contributed by atoms with Gasteiger partial charge in [-0.15, -0.1) is 0 Å². The summed E-state index contributed by atoms with van der Waals surface area (Å²) in [6.45, 7) is 3.28. The molecule has 5 heterocycles. The van der Waals surface area contributed by atoms with Crippen LogP contribution >= 0.6 is 0 Å². The van der Waals surface area contributed by atoms with Crippen molar-refractivity contribution >= 4 is 16.6 Å². The summed E-state index contributed by atoms with van der Waals surface area (Å²) in [5.74, 6) is -1.91. The summed E-state index contributed by atoms with van der Waals surface area (Å²) in [6.07, 6.45) is 0.519. The molecule has 0 amide bonds. The van der Waals surface area contributed by atoms with Gasteiger partial charge in [-0.25, -0.2) is 0 Å². The lowest BCUT2D eigenvalue weighted by Crippen LogP contribution is -2.65. The zero-order chi connectivity index (χ0) is 25.1. The average Bonchev–Trinajstić information content (AvgIpc) is 3.72.